The van der Waals surface area contributed by atoms with Crippen molar-refractivity contribution in [3.05, 3.63) is 59.7 Å². The van der Waals surface area contributed by atoms with Gasteiger partial charge in [-0.15, -0.1) is 0 Å². The molecule has 1 aliphatic heterocycles. The van der Waals surface area contributed by atoms with Crippen LogP contribution in [-0.4, -0.2) is 35.3 Å². The lowest BCUT2D eigenvalue weighted by Crippen LogP contribution is -2.40. The van der Waals surface area contributed by atoms with Gasteiger partial charge in [0.1, 0.15) is 6.04 Å². The van der Waals surface area contributed by atoms with Gasteiger partial charge in [0, 0.05) is 12.2 Å². The summed E-state index contributed by atoms with van der Waals surface area (Å²) in [5.41, 5.74) is 3.36. The van der Waals surface area contributed by atoms with Gasteiger partial charge in [-0.3, -0.25) is 9.59 Å². The van der Waals surface area contributed by atoms with Crippen molar-refractivity contribution in [2.24, 2.45) is 5.92 Å². The molecule has 30 heavy (non-hydrogen) atoms. The van der Waals surface area contributed by atoms with Crippen LogP contribution in [0.1, 0.15) is 38.3 Å². The number of nitrogens with one attached hydrogen (secondary N) is 1. The van der Waals surface area contributed by atoms with E-state index < -0.39 is 6.04 Å². The number of carbonyl (C=O) groups is 3. The Bertz CT molecular complexity index is 937. The molecule has 1 fully saturated rings. The zero-order valence-electron chi connectivity index (χ0n) is 18.0. The molecule has 0 saturated carbocycles. The number of aryl methyl sites for hydroxylation is 2. The summed E-state index contributed by atoms with van der Waals surface area (Å²) in [7, 11) is 0. The number of carbonyl (C=O) groups excluding carboxylic acids is 3. The van der Waals surface area contributed by atoms with Crippen LogP contribution in [0.5, 0.6) is 0 Å². The van der Waals surface area contributed by atoms with Crippen LogP contribution >= 0.6 is 0 Å². The molecule has 3 rings (SSSR count). The average molecular weight is 408 g/mol. The fourth-order valence-electron chi connectivity index (χ4n) is 3.65. The van der Waals surface area contributed by atoms with E-state index in [1.54, 1.807) is 12.1 Å². The molecule has 1 unspecified atom stereocenters. The third-order valence-electron chi connectivity index (χ3n) is 5.17. The maximum absolute atomic E-state index is 13.2. The van der Waals surface area contributed by atoms with Gasteiger partial charge in [0.05, 0.1) is 12.1 Å². The fourth-order valence-corrected chi connectivity index (χ4v) is 3.65. The number of imide groups is 1. The maximum Gasteiger partial charge on any atom is 0.332 e. The number of benzene rings is 2. The molecule has 158 valence electrons. The molecule has 0 radical (unpaired) electrons. The van der Waals surface area contributed by atoms with Crippen LogP contribution in [0.2, 0.25) is 0 Å². The topological polar surface area (TPSA) is 69.7 Å². The molecule has 6 nitrogen and oxygen atoms in total. The van der Waals surface area contributed by atoms with Crippen LogP contribution < -0.4 is 10.2 Å². The number of hydrogen-bond acceptors (Lipinski definition) is 3. The van der Waals surface area contributed by atoms with Crippen molar-refractivity contribution < 1.29 is 14.4 Å². The van der Waals surface area contributed by atoms with E-state index in [1.807, 2.05) is 57.2 Å². The van der Waals surface area contributed by atoms with Crippen molar-refractivity contribution in [3.8, 4) is 0 Å². The Kier molecular flexibility index (Phi) is 6.55. The lowest BCUT2D eigenvalue weighted by molar-refractivity contribution is -0.124. The summed E-state index contributed by atoms with van der Waals surface area (Å²) < 4.78 is 0. The quantitative estimate of drug-likeness (QED) is 0.693. The molecule has 1 heterocycles. The number of anilines is 2. The van der Waals surface area contributed by atoms with E-state index in [9.17, 15) is 14.4 Å². The van der Waals surface area contributed by atoms with Gasteiger partial charge in [-0.05, 0) is 54.7 Å². The van der Waals surface area contributed by atoms with Crippen LogP contribution in [0.25, 0.3) is 0 Å². The molecule has 0 spiro atoms. The van der Waals surface area contributed by atoms with Crippen LogP contribution in [0.15, 0.2) is 48.5 Å². The monoisotopic (exact) mass is 407 g/mol. The van der Waals surface area contributed by atoms with Gasteiger partial charge < -0.3 is 10.2 Å². The first kappa shape index (κ1) is 21.6. The van der Waals surface area contributed by atoms with E-state index in [2.05, 4.69) is 12.2 Å². The van der Waals surface area contributed by atoms with E-state index in [0.29, 0.717) is 17.9 Å². The first-order chi connectivity index (χ1) is 14.3. The summed E-state index contributed by atoms with van der Waals surface area (Å²) in [6.45, 7) is 8.36. The SMILES string of the molecule is CCc1ccc(NC(=O)CC2C(=O)N(c3cccc(C)c3)C(=O)N2CC(C)C)cc1. The molecule has 4 amide bonds. The van der Waals surface area contributed by atoms with E-state index in [4.69, 9.17) is 0 Å². The van der Waals surface area contributed by atoms with Crippen molar-refractivity contribution in [1.82, 2.24) is 4.90 Å². The Hall–Kier alpha value is -3.15. The lowest BCUT2D eigenvalue weighted by atomic mass is 10.1. The number of urea groups is 1. The number of rotatable bonds is 7. The maximum atomic E-state index is 13.2. The highest BCUT2D eigenvalue weighted by molar-refractivity contribution is 6.22. The second-order valence-electron chi connectivity index (χ2n) is 8.16. The molecule has 1 atom stereocenters. The molecular formula is C24H29N3O3. The third kappa shape index (κ3) is 4.70. The zero-order chi connectivity index (χ0) is 21.8. The van der Waals surface area contributed by atoms with Crippen molar-refractivity contribution in [2.75, 3.05) is 16.8 Å². The minimum absolute atomic E-state index is 0.0743. The molecular weight excluding hydrogens is 378 g/mol. The average Bonchev–Trinajstić information content (AvgIpc) is 2.92. The molecule has 1 aliphatic rings. The Morgan fingerprint density at radius 3 is 2.40 bits per heavy atom. The number of nitrogens with zero attached hydrogens (tertiary/aromatic N) is 2. The van der Waals surface area contributed by atoms with Crippen molar-refractivity contribution >= 4 is 29.2 Å². The first-order valence-electron chi connectivity index (χ1n) is 10.4. The van der Waals surface area contributed by atoms with E-state index in [1.165, 1.54) is 15.4 Å². The number of amides is 4. The molecule has 2 aromatic rings. The molecule has 1 saturated heterocycles. The van der Waals surface area contributed by atoms with Gasteiger partial charge in [-0.1, -0.05) is 45.0 Å². The summed E-state index contributed by atoms with van der Waals surface area (Å²) in [5, 5.41) is 2.85. The number of hydrogen-bond donors (Lipinski definition) is 1. The van der Waals surface area contributed by atoms with Gasteiger partial charge >= 0.3 is 6.03 Å². The second kappa shape index (κ2) is 9.11. The Morgan fingerprint density at radius 1 is 1.10 bits per heavy atom. The highest BCUT2D eigenvalue weighted by Crippen LogP contribution is 2.28. The highest BCUT2D eigenvalue weighted by Gasteiger charge is 2.46. The highest BCUT2D eigenvalue weighted by atomic mass is 16.2. The Balaban J connectivity index is 1.80. The largest absolute Gasteiger partial charge is 0.332 e. The van der Waals surface area contributed by atoms with E-state index in [0.717, 1.165) is 12.0 Å². The van der Waals surface area contributed by atoms with Gasteiger partial charge in [0.2, 0.25) is 5.91 Å². The molecule has 0 aliphatic carbocycles. The second-order valence-corrected chi connectivity index (χ2v) is 8.16. The molecule has 6 heteroatoms. The summed E-state index contributed by atoms with van der Waals surface area (Å²) in [4.78, 5) is 41.7. The summed E-state index contributed by atoms with van der Waals surface area (Å²) in [6.07, 6.45) is 0.848. The predicted octanol–water partition coefficient (Wildman–Crippen LogP) is 4.38. The van der Waals surface area contributed by atoms with E-state index in [-0.39, 0.29) is 30.2 Å². The van der Waals surface area contributed by atoms with Crippen LogP contribution in [0.4, 0.5) is 16.2 Å². The van der Waals surface area contributed by atoms with E-state index >= 15 is 0 Å². The van der Waals surface area contributed by atoms with Gasteiger partial charge in [0.25, 0.3) is 5.91 Å². The van der Waals surface area contributed by atoms with Crippen LogP contribution in [0, 0.1) is 12.8 Å². The van der Waals surface area contributed by atoms with Crippen molar-refractivity contribution in [2.45, 2.75) is 46.6 Å². The first-order valence-corrected chi connectivity index (χ1v) is 10.4. The van der Waals surface area contributed by atoms with Gasteiger partial charge in [-0.2, -0.15) is 0 Å². The molecule has 0 aromatic heterocycles. The Labute approximate surface area is 177 Å². The summed E-state index contributed by atoms with van der Waals surface area (Å²) in [6, 6.07) is 13.7. The Morgan fingerprint density at radius 2 is 1.80 bits per heavy atom. The van der Waals surface area contributed by atoms with Crippen LogP contribution in [-0.2, 0) is 16.0 Å². The third-order valence-corrected chi connectivity index (χ3v) is 5.17. The molecule has 2 aromatic carbocycles. The summed E-state index contributed by atoms with van der Waals surface area (Å²) in [5.74, 6) is -0.473. The van der Waals surface area contributed by atoms with Crippen molar-refractivity contribution in [3.63, 3.8) is 0 Å². The summed E-state index contributed by atoms with van der Waals surface area (Å²) >= 11 is 0. The van der Waals surface area contributed by atoms with Crippen LogP contribution in [0.3, 0.4) is 0 Å². The fraction of sp³-hybridized carbons (Fsp3) is 0.375. The molecule has 0 bridgehead atoms. The van der Waals surface area contributed by atoms with Crippen molar-refractivity contribution in [1.29, 1.82) is 0 Å². The normalized spacial score (nSPS) is 16.5. The smallest absolute Gasteiger partial charge is 0.326 e. The standard InChI is InChI=1S/C24H29N3O3/c1-5-18-9-11-19(12-10-18)25-22(28)14-21-23(29)27(20-8-6-7-17(4)13-20)24(30)26(21)15-16(2)3/h6-13,16,21H,5,14-15H2,1-4H3,(H,25,28). The zero-order valence-corrected chi connectivity index (χ0v) is 18.0. The molecule has 1 N–H and O–H groups in total. The minimum Gasteiger partial charge on any atom is -0.326 e. The lowest BCUT2D eigenvalue weighted by Gasteiger charge is -2.23. The van der Waals surface area contributed by atoms with Gasteiger partial charge in [-0.25, -0.2) is 9.69 Å². The van der Waals surface area contributed by atoms with Gasteiger partial charge in [0.15, 0.2) is 0 Å². The minimum atomic E-state index is -0.810. The predicted molar refractivity (Wildman–Crippen MR) is 118 cm³/mol.